The van der Waals surface area contributed by atoms with E-state index in [1.807, 2.05) is 6.07 Å². The number of hydrogen-bond donors (Lipinski definition) is 0. The summed E-state index contributed by atoms with van der Waals surface area (Å²) >= 11 is 0. The highest BCUT2D eigenvalue weighted by Gasteiger charge is 2.19. The Bertz CT molecular complexity index is 2520. The van der Waals surface area contributed by atoms with Crippen LogP contribution in [0.1, 0.15) is 0 Å². The molecule has 0 bridgehead atoms. The molecule has 0 unspecified atom stereocenters. The Morgan fingerprint density at radius 3 is 1.78 bits per heavy atom. The lowest BCUT2D eigenvalue weighted by molar-refractivity contribution is 0.954. The second kappa shape index (κ2) is 10.2. The molecule has 45 heavy (non-hydrogen) atoms. The van der Waals surface area contributed by atoms with E-state index in [4.69, 9.17) is 15.0 Å². The van der Waals surface area contributed by atoms with Crippen LogP contribution in [0.2, 0.25) is 0 Å². The average molecular weight is 575 g/mol. The van der Waals surface area contributed by atoms with Crippen molar-refractivity contribution >= 4 is 43.4 Å². The average Bonchev–Trinajstić information content (AvgIpc) is 3.46. The molecule has 0 atom stereocenters. The molecule has 7 aromatic carbocycles. The second-order valence-corrected chi connectivity index (χ2v) is 11.3. The molecule has 0 spiro atoms. The molecule has 2 heterocycles. The van der Waals surface area contributed by atoms with E-state index in [0.29, 0.717) is 17.6 Å². The predicted octanol–water partition coefficient (Wildman–Crippen LogP) is 10.3. The summed E-state index contributed by atoms with van der Waals surface area (Å²) in [5.41, 5.74) is 6.36. The van der Waals surface area contributed by atoms with Crippen LogP contribution >= 0.6 is 0 Å². The van der Waals surface area contributed by atoms with Crippen LogP contribution in [0, 0.1) is 0 Å². The molecule has 0 fully saturated rings. The van der Waals surface area contributed by atoms with Gasteiger partial charge in [0.2, 0.25) is 5.95 Å². The molecular formula is C41H26N4. The molecular weight excluding hydrogens is 548 g/mol. The fourth-order valence-electron chi connectivity index (χ4n) is 6.53. The van der Waals surface area contributed by atoms with Crippen molar-refractivity contribution in [1.29, 1.82) is 0 Å². The number of para-hydroxylation sites is 1. The van der Waals surface area contributed by atoms with Gasteiger partial charge in [-0.1, -0.05) is 146 Å². The van der Waals surface area contributed by atoms with Gasteiger partial charge in [0.15, 0.2) is 11.6 Å². The minimum Gasteiger partial charge on any atom is -0.278 e. The van der Waals surface area contributed by atoms with Gasteiger partial charge in [-0.3, -0.25) is 4.57 Å². The number of benzene rings is 7. The Balaban J connectivity index is 1.33. The summed E-state index contributed by atoms with van der Waals surface area (Å²) in [6, 6.07) is 55.0. The van der Waals surface area contributed by atoms with E-state index in [1.54, 1.807) is 0 Å². The van der Waals surface area contributed by atoms with Crippen molar-refractivity contribution in [2.75, 3.05) is 0 Å². The second-order valence-electron chi connectivity index (χ2n) is 11.3. The molecule has 4 nitrogen and oxygen atoms in total. The molecule has 0 aliphatic heterocycles. The van der Waals surface area contributed by atoms with E-state index >= 15 is 0 Å². The zero-order chi connectivity index (χ0) is 29.7. The smallest absolute Gasteiger partial charge is 0.238 e. The van der Waals surface area contributed by atoms with Crippen LogP contribution in [-0.2, 0) is 0 Å². The van der Waals surface area contributed by atoms with Crippen molar-refractivity contribution in [3.05, 3.63) is 158 Å². The monoisotopic (exact) mass is 574 g/mol. The highest BCUT2D eigenvalue weighted by Crippen LogP contribution is 2.37. The van der Waals surface area contributed by atoms with Gasteiger partial charge in [-0.05, 0) is 44.8 Å². The first-order valence-corrected chi connectivity index (χ1v) is 15.1. The standard InChI is InChI=1S/C41H26N4/c1-2-11-27(12-3-1)28-21-23-31(24-22-28)39-42-40(34-19-10-15-29-13-4-6-16-32(29)34)44-41(43-39)45-36-20-9-8-18-35(36)38-33-17-7-5-14-30(33)25-26-37(38)45/h1-26H. The number of hydrogen-bond acceptors (Lipinski definition) is 3. The van der Waals surface area contributed by atoms with E-state index in [0.717, 1.165) is 38.5 Å². The Kier molecular flexibility index (Phi) is 5.78. The maximum absolute atomic E-state index is 5.21. The van der Waals surface area contributed by atoms with Crippen molar-refractivity contribution < 1.29 is 0 Å². The summed E-state index contributed by atoms with van der Waals surface area (Å²) in [4.78, 5) is 15.5. The molecule has 9 aromatic rings. The fourth-order valence-corrected chi connectivity index (χ4v) is 6.53. The third-order valence-electron chi connectivity index (χ3n) is 8.67. The van der Waals surface area contributed by atoms with Crippen molar-refractivity contribution in [2.45, 2.75) is 0 Å². The highest BCUT2D eigenvalue weighted by molar-refractivity contribution is 6.21. The Morgan fingerprint density at radius 2 is 0.956 bits per heavy atom. The quantitative estimate of drug-likeness (QED) is 0.210. The molecule has 0 saturated heterocycles. The maximum atomic E-state index is 5.21. The van der Waals surface area contributed by atoms with Crippen LogP contribution in [0.5, 0.6) is 0 Å². The van der Waals surface area contributed by atoms with Crippen LogP contribution in [0.15, 0.2) is 158 Å². The number of aromatic nitrogens is 4. The molecule has 2 aromatic heterocycles. The van der Waals surface area contributed by atoms with Gasteiger partial charge >= 0.3 is 0 Å². The number of nitrogens with zero attached hydrogens (tertiary/aromatic N) is 4. The third-order valence-corrected chi connectivity index (χ3v) is 8.67. The third kappa shape index (κ3) is 4.19. The largest absolute Gasteiger partial charge is 0.278 e. The van der Waals surface area contributed by atoms with Crippen molar-refractivity contribution in [3.63, 3.8) is 0 Å². The first-order chi connectivity index (χ1) is 22.3. The summed E-state index contributed by atoms with van der Waals surface area (Å²) < 4.78 is 2.19. The minimum atomic E-state index is 0.594. The van der Waals surface area contributed by atoms with Gasteiger partial charge in [-0.25, -0.2) is 4.98 Å². The molecule has 0 aliphatic rings. The van der Waals surface area contributed by atoms with Crippen molar-refractivity contribution in [3.8, 4) is 39.9 Å². The maximum Gasteiger partial charge on any atom is 0.238 e. The van der Waals surface area contributed by atoms with Gasteiger partial charge in [0, 0.05) is 21.9 Å². The lowest BCUT2D eigenvalue weighted by Gasteiger charge is -2.12. The van der Waals surface area contributed by atoms with E-state index in [2.05, 4.69) is 156 Å². The van der Waals surface area contributed by atoms with E-state index < -0.39 is 0 Å². The van der Waals surface area contributed by atoms with Crippen molar-refractivity contribution in [2.24, 2.45) is 0 Å². The Hall–Kier alpha value is -6.13. The lowest BCUT2D eigenvalue weighted by atomic mass is 10.0. The summed E-state index contributed by atoms with van der Waals surface area (Å²) in [6.45, 7) is 0. The van der Waals surface area contributed by atoms with Gasteiger partial charge < -0.3 is 0 Å². The zero-order valence-electron chi connectivity index (χ0n) is 24.3. The summed E-state index contributed by atoms with van der Waals surface area (Å²) in [7, 11) is 0. The van der Waals surface area contributed by atoms with Crippen LogP contribution in [0.25, 0.3) is 83.2 Å². The van der Waals surface area contributed by atoms with E-state index in [-0.39, 0.29) is 0 Å². The predicted molar refractivity (Wildman–Crippen MR) is 185 cm³/mol. The molecule has 0 amide bonds. The highest BCUT2D eigenvalue weighted by atomic mass is 15.2. The first-order valence-electron chi connectivity index (χ1n) is 15.1. The molecule has 9 rings (SSSR count). The Labute approximate surface area is 259 Å². The van der Waals surface area contributed by atoms with E-state index in [1.165, 1.54) is 27.1 Å². The molecule has 4 heteroatoms. The summed E-state index contributed by atoms with van der Waals surface area (Å²) in [5.74, 6) is 1.87. The van der Waals surface area contributed by atoms with Crippen molar-refractivity contribution in [1.82, 2.24) is 19.5 Å². The number of fused-ring (bicyclic) bond motifs is 6. The van der Waals surface area contributed by atoms with Crippen LogP contribution in [0.4, 0.5) is 0 Å². The van der Waals surface area contributed by atoms with Gasteiger partial charge in [-0.2, -0.15) is 9.97 Å². The van der Waals surface area contributed by atoms with Gasteiger partial charge in [-0.15, -0.1) is 0 Å². The van der Waals surface area contributed by atoms with Gasteiger partial charge in [0.25, 0.3) is 0 Å². The lowest BCUT2D eigenvalue weighted by Crippen LogP contribution is -2.06. The summed E-state index contributed by atoms with van der Waals surface area (Å²) in [6.07, 6.45) is 0. The van der Waals surface area contributed by atoms with Crippen LogP contribution in [-0.4, -0.2) is 19.5 Å². The summed E-state index contributed by atoms with van der Waals surface area (Å²) in [5, 5.41) is 7.05. The molecule has 210 valence electrons. The fraction of sp³-hybridized carbons (Fsp3) is 0. The first kappa shape index (κ1) is 25.4. The molecule has 0 N–H and O–H groups in total. The molecule has 0 saturated carbocycles. The van der Waals surface area contributed by atoms with Gasteiger partial charge in [0.05, 0.1) is 11.0 Å². The van der Waals surface area contributed by atoms with Crippen LogP contribution in [0.3, 0.4) is 0 Å². The van der Waals surface area contributed by atoms with E-state index in [9.17, 15) is 0 Å². The SMILES string of the molecule is c1ccc(-c2ccc(-c3nc(-c4cccc5ccccc45)nc(-n4c5ccccc5c5c6ccccc6ccc54)n3)cc2)cc1. The normalized spacial score (nSPS) is 11.6. The van der Waals surface area contributed by atoms with Gasteiger partial charge in [0.1, 0.15) is 0 Å². The zero-order valence-corrected chi connectivity index (χ0v) is 24.3. The van der Waals surface area contributed by atoms with Crippen LogP contribution < -0.4 is 0 Å². The minimum absolute atomic E-state index is 0.594. The molecule has 0 radical (unpaired) electrons. The topological polar surface area (TPSA) is 43.6 Å². The Morgan fingerprint density at radius 1 is 0.356 bits per heavy atom. The molecule has 0 aliphatic carbocycles. The number of rotatable bonds is 4.